The number of amides is 1. The second-order valence-corrected chi connectivity index (χ2v) is 8.15. The molecule has 2 aromatic rings. The summed E-state index contributed by atoms with van der Waals surface area (Å²) in [5.41, 5.74) is 0.931. The van der Waals surface area contributed by atoms with E-state index in [-0.39, 0.29) is 33.8 Å². The lowest BCUT2D eigenvalue weighted by atomic mass is 10.0. The predicted molar refractivity (Wildman–Crippen MR) is 117 cm³/mol. The second kappa shape index (κ2) is 11.5. The highest BCUT2D eigenvalue weighted by Crippen LogP contribution is 2.27. The van der Waals surface area contributed by atoms with Crippen molar-refractivity contribution in [3.8, 4) is 17.4 Å². The smallest absolute Gasteiger partial charge is 0.258 e. The van der Waals surface area contributed by atoms with Crippen molar-refractivity contribution in [1.82, 2.24) is 15.3 Å². The van der Waals surface area contributed by atoms with E-state index >= 15 is 0 Å². The van der Waals surface area contributed by atoms with Crippen LogP contribution in [-0.4, -0.2) is 47.5 Å². The number of H-pyrrole nitrogens is 1. The number of rotatable bonds is 11. The third kappa shape index (κ3) is 6.98. The van der Waals surface area contributed by atoms with Crippen LogP contribution in [0.3, 0.4) is 0 Å². The minimum atomic E-state index is -0.362. The zero-order chi connectivity index (χ0) is 22.1. The van der Waals surface area contributed by atoms with Crippen LogP contribution in [-0.2, 0) is 17.6 Å². The summed E-state index contributed by atoms with van der Waals surface area (Å²) >= 11 is 1.07. The van der Waals surface area contributed by atoms with E-state index in [1.807, 2.05) is 32.0 Å². The molecule has 164 valence electrons. The molecule has 0 atom stereocenters. The van der Waals surface area contributed by atoms with E-state index in [1.54, 1.807) is 14.2 Å². The number of hydrogen-bond donors (Lipinski definition) is 3. The van der Waals surface area contributed by atoms with Crippen molar-refractivity contribution < 1.29 is 19.4 Å². The van der Waals surface area contributed by atoms with E-state index in [2.05, 4.69) is 15.3 Å². The van der Waals surface area contributed by atoms with Gasteiger partial charge in [0.05, 0.1) is 25.5 Å². The highest BCUT2D eigenvalue weighted by Gasteiger charge is 2.13. The van der Waals surface area contributed by atoms with Crippen LogP contribution in [0.4, 0.5) is 0 Å². The Labute approximate surface area is 180 Å². The monoisotopic (exact) mass is 435 g/mol. The highest BCUT2D eigenvalue weighted by atomic mass is 32.2. The van der Waals surface area contributed by atoms with Gasteiger partial charge < -0.3 is 24.9 Å². The van der Waals surface area contributed by atoms with Gasteiger partial charge >= 0.3 is 0 Å². The highest BCUT2D eigenvalue weighted by molar-refractivity contribution is 7.99. The Morgan fingerprint density at radius 3 is 2.60 bits per heavy atom. The van der Waals surface area contributed by atoms with E-state index in [9.17, 15) is 14.7 Å². The number of methoxy groups -OCH3 is 2. The zero-order valence-electron chi connectivity index (χ0n) is 17.8. The van der Waals surface area contributed by atoms with Gasteiger partial charge in [-0.3, -0.25) is 9.59 Å². The van der Waals surface area contributed by atoms with Crippen LogP contribution in [0.1, 0.15) is 31.4 Å². The maximum absolute atomic E-state index is 12.2. The number of aromatic amines is 1. The standard InChI is InChI=1S/C21H29N3O5S/c1-13(2)5-7-15-19(26)23-21(24-20(15)27)30-12-18(25)22-10-9-14-6-8-16(28-3)17(11-14)29-4/h6,8,11,13H,5,7,9-10,12H2,1-4H3,(H,22,25)(H2,23,24,26,27). The van der Waals surface area contributed by atoms with Gasteiger partial charge in [0.2, 0.25) is 11.8 Å². The van der Waals surface area contributed by atoms with Gasteiger partial charge in [-0.2, -0.15) is 4.98 Å². The maximum Gasteiger partial charge on any atom is 0.258 e. The molecule has 0 fully saturated rings. The number of aromatic hydroxyl groups is 1. The third-order valence-corrected chi connectivity index (χ3v) is 5.34. The van der Waals surface area contributed by atoms with Crippen molar-refractivity contribution in [3.63, 3.8) is 0 Å². The molecule has 0 aliphatic heterocycles. The van der Waals surface area contributed by atoms with Crippen LogP contribution < -0.4 is 20.3 Å². The van der Waals surface area contributed by atoms with Crippen molar-refractivity contribution in [2.45, 2.75) is 38.3 Å². The minimum Gasteiger partial charge on any atom is -0.493 e. The lowest BCUT2D eigenvalue weighted by Gasteiger charge is -2.10. The molecule has 1 aromatic heterocycles. The van der Waals surface area contributed by atoms with Crippen molar-refractivity contribution in [2.75, 3.05) is 26.5 Å². The van der Waals surface area contributed by atoms with Crippen LogP contribution in [0.2, 0.25) is 0 Å². The molecule has 30 heavy (non-hydrogen) atoms. The first-order valence-corrected chi connectivity index (χ1v) is 10.7. The predicted octanol–water partition coefficient (Wildman–Crippen LogP) is 2.53. The molecule has 0 bridgehead atoms. The average molecular weight is 436 g/mol. The van der Waals surface area contributed by atoms with E-state index in [1.165, 1.54) is 0 Å². The molecule has 1 aromatic carbocycles. The summed E-state index contributed by atoms with van der Waals surface area (Å²) in [6.07, 6.45) is 1.89. The molecule has 0 aliphatic carbocycles. The van der Waals surface area contributed by atoms with Crippen molar-refractivity contribution in [2.24, 2.45) is 5.92 Å². The zero-order valence-corrected chi connectivity index (χ0v) is 18.6. The van der Waals surface area contributed by atoms with Crippen molar-refractivity contribution >= 4 is 17.7 Å². The minimum absolute atomic E-state index is 0.0830. The summed E-state index contributed by atoms with van der Waals surface area (Å²) in [5.74, 6) is 1.34. The molecule has 0 saturated heterocycles. The number of carbonyl (C=O) groups excluding carboxylic acids is 1. The van der Waals surface area contributed by atoms with Gasteiger partial charge in [0.15, 0.2) is 16.7 Å². The number of aromatic nitrogens is 2. The fraction of sp³-hybridized carbons (Fsp3) is 0.476. The summed E-state index contributed by atoms with van der Waals surface area (Å²) in [4.78, 5) is 30.9. The average Bonchev–Trinajstić information content (AvgIpc) is 2.71. The second-order valence-electron chi connectivity index (χ2n) is 7.18. The van der Waals surface area contributed by atoms with Crippen LogP contribution in [0.5, 0.6) is 17.4 Å². The van der Waals surface area contributed by atoms with Gasteiger partial charge in [0.1, 0.15) is 0 Å². The Kier molecular flexibility index (Phi) is 9.04. The fourth-order valence-corrected chi connectivity index (χ4v) is 3.45. The van der Waals surface area contributed by atoms with E-state index < -0.39 is 0 Å². The van der Waals surface area contributed by atoms with Gasteiger partial charge in [-0.1, -0.05) is 31.7 Å². The van der Waals surface area contributed by atoms with Crippen LogP contribution in [0.25, 0.3) is 0 Å². The third-order valence-electron chi connectivity index (χ3n) is 4.47. The van der Waals surface area contributed by atoms with Crippen LogP contribution in [0, 0.1) is 5.92 Å². The van der Waals surface area contributed by atoms with Gasteiger partial charge in [-0.05, 0) is 42.9 Å². The summed E-state index contributed by atoms with van der Waals surface area (Å²) < 4.78 is 10.5. The number of benzene rings is 1. The van der Waals surface area contributed by atoms with Crippen LogP contribution >= 0.6 is 11.8 Å². The fourth-order valence-electron chi connectivity index (χ4n) is 2.76. The topological polar surface area (TPSA) is 114 Å². The quantitative estimate of drug-likeness (QED) is 0.367. The molecule has 3 N–H and O–H groups in total. The van der Waals surface area contributed by atoms with Gasteiger partial charge in [0, 0.05) is 6.54 Å². The molecule has 8 nitrogen and oxygen atoms in total. The molecular weight excluding hydrogens is 406 g/mol. The Morgan fingerprint density at radius 2 is 1.97 bits per heavy atom. The summed E-state index contributed by atoms with van der Waals surface area (Å²) in [6.45, 7) is 4.55. The summed E-state index contributed by atoms with van der Waals surface area (Å²) in [7, 11) is 3.16. The van der Waals surface area contributed by atoms with Crippen molar-refractivity contribution in [3.05, 3.63) is 39.7 Å². The number of hydrogen-bond acceptors (Lipinski definition) is 7. The molecule has 9 heteroatoms. The van der Waals surface area contributed by atoms with E-state index in [4.69, 9.17) is 9.47 Å². The van der Waals surface area contributed by atoms with Gasteiger partial charge in [-0.15, -0.1) is 0 Å². The Hall–Kier alpha value is -2.68. The molecule has 1 heterocycles. The molecule has 0 saturated carbocycles. The molecule has 0 aliphatic rings. The maximum atomic E-state index is 12.2. The van der Waals surface area contributed by atoms with E-state index in [0.29, 0.717) is 36.8 Å². The lowest BCUT2D eigenvalue weighted by molar-refractivity contribution is -0.118. The Balaban J connectivity index is 1.83. The summed E-state index contributed by atoms with van der Waals surface area (Å²) in [5, 5.41) is 13.1. The number of thioether (sulfide) groups is 1. The first-order chi connectivity index (χ1) is 14.3. The van der Waals surface area contributed by atoms with Crippen molar-refractivity contribution in [1.29, 1.82) is 0 Å². The van der Waals surface area contributed by atoms with Gasteiger partial charge in [0.25, 0.3) is 5.56 Å². The molecule has 1 amide bonds. The first-order valence-electron chi connectivity index (χ1n) is 9.76. The first kappa shape index (κ1) is 23.6. The Bertz CT molecular complexity index is 914. The van der Waals surface area contributed by atoms with Gasteiger partial charge in [-0.25, -0.2) is 0 Å². The molecule has 0 unspecified atom stereocenters. The SMILES string of the molecule is COc1ccc(CCNC(=O)CSc2nc(O)c(CCC(C)C)c(=O)[nH]2)cc1OC. The molecule has 0 radical (unpaired) electrons. The van der Waals surface area contributed by atoms with E-state index in [0.717, 1.165) is 23.7 Å². The normalized spacial score (nSPS) is 10.8. The molecule has 0 spiro atoms. The molecule has 2 rings (SSSR count). The number of carbonyl (C=O) groups is 1. The summed E-state index contributed by atoms with van der Waals surface area (Å²) in [6, 6.07) is 5.61. The molecular formula is C21H29N3O5S. The number of ether oxygens (including phenoxy) is 2. The van der Waals surface area contributed by atoms with Crippen LogP contribution in [0.15, 0.2) is 28.2 Å². The number of nitrogens with one attached hydrogen (secondary N) is 2. The lowest BCUT2D eigenvalue weighted by Crippen LogP contribution is -2.27. The Morgan fingerprint density at radius 1 is 1.23 bits per heavy atom. The number of nitrogens with zero attached hydrogens (tertiary/aromatic N) is 1. The largest absolute Gasteiger partial charge is 0.493 e.